The van der Waals surface area contributed by atoms with Gasteiger partial charge in [0.15, 0.2) is 0 Å². The molecule has 0 radical (unpaired) electrons. The molecule has 1 fully saturated rings. The summed E-state index contributed by atoms with van der Waals surface area (Å²) in [5, 5.41) is 0. The predicted molar refractivity (Wildman–Crippen MR) is 72.1 cm³/mol. The summed E-state index contributed by atoms with van der Waals surface area (Å²) in [5.41, 5.74) is -0.593. The van der Waals surface area contributed by atoms with E-state index in [9.17, 15) is 14.0 Å². The second kappa shape index (κ2) is 6.90. The molecule has 20 heavy (non-hydrogen) atoms. The van der Waals surface area contributed by atoms with Crippen LogP contribution in [0.3, 0.4) is 0 Å². The Balaban J connectivity index is 2.46. The number of amides is 1. The van der Waals surface area contributed by atoms with Crippen molar-refractivity contribution in [2.75, 3.05) is 19.7 Å². The minimum Gasteiger partial charge on any atom is -0.466 e. The number of carbonyl (C=O) groups is 2. The fourth-order valence-electron chi connectivity index (χ4n) is 2.11. The molecule has 0 aromatic heterocycles. The second-order valence-electron chi connectivity index (χ2n) is 6.00. The summed E-state index contributed by atoms with van der Waals surface area (Å²) in [6.07, 6.45) is -1.22. The topological polar surface area (TPSA) is 55.8 Å². The highest BCUT2D eigenvalue weighted by Crippen LogP contribution is 2.25. The molecule has 2 unspecified atom stereocenters. The van der Waals surface area contributed by atoms with Gasteiger partial charge in [-0.25, -0.2) is 9.18 Å². The fraction of sp³-hybridized carbons (Fsp3) is 0.857. The Morgan fingerprint density at radius 1 is 1.35 bits per heavy atom. The van der Waals surface area contributed by atoms with Crippen LogP contribution in [0.5, 0.6) is 0 Å². The Kier molecular flexibility index (Phi) is 5.77. The number of halogens is 1. The van der Waals surface area contributed by atoms with Crippen molar-refractivity contribution in [3.63, 3.8) is 0 Å². The SMILES string of the molecule is CCOC(=O)CC1CCN(C(=O)OC(C)(C)C)CC1F. The lowest BCUT2D eigenvalue weighted by Gasteiger charge is -2.35. The Bertz CT molecular complexity index is 354. The quantitative estimate of drug-likeness (QED) is 0.749. The Morgan fingerprint density at radius 3 is 2.50 bits per heavy atom. The first-order chi connectivity index (χ1) is 9.23. The molecule has 0 spiro atoms. The zero-order valence-corrected chi connectivity index (χ0v) is 12.6. The number of esters is 1. The molecule has 116 valence electrons. The third-order valence-electron chi connectivity index (χ3n) is 3.06. The van der Waals surface area contributed by atoms with Crippen LogP contribution in [0, 0.1) is 5.92 Å². The van der Waals surface area contributed by atoms with Crippen LogP contribution in [0.1, 0.15) is 40.5 Å². The molecule has 0 aromatic carbocycles. The highest BCUT2D eigenvalue weighted by atomic mass is 19.1. The van der Waals surface area contributed by atoms with Gasteiger partial charge >= 0.3 is 12.1 Å². The van der Waals surface area contributed by atoms with Crippen LogP contribution in [0.4, 0.5) is 9.18 Å². The molecule has 1 aliphatic heterocycles. The smallest absolute Gasteiger partial charge is 0.410 e. The van der Waals surface area contributed by atoms with E-state index in [1.807, 2.05) is 0 Å². The van der Waals surface area contributed by atoms with E-state index >= 15 is 0 Å². The van der Waals surface area contributed by atoms with Crippen molar-refractivity contribution in [3.05, 3.63) is 0 Å². The minimum atomic E-state index is -1.22. The number of hydrogen-bond donors (Lipinski definition) is 0. The Morgan fingerprint density at radius 2 is 2.00 bits per heavy atom. The molecule has 5 nitrogen and oxygen atoms in total. The van der Waals surface area contributed by atoms with Crippen LogP contribution in [-0.2, 0) is 14.3 Å². The largest absolute Gasteiger partial charge is 0.466 e. The van der Waals surface area contributed by atoms with E-state index in [2.05, 4.69) is 0 Å². The standard InChI is InChI=1S/C14H24FNO4/c1-5-19-12(17)8-10-6-7-16(9-11(10)15)13(18)20-14(2,3)4/h10-11H,5-9H2,1-4H3. The molecule has 0 aromatic rings. The first-order valence-corrected chi connectivity index (χ1v) is 7.00. The van der Waals surface area contributed by atoms with Gasteiger partial charge in [0.05, 0.1) is 19.6 Å². The molecular formula is C14H24FNO4. The summed E-state index contributed by atoms with van der Waals surface area (Å²) in [6, 6.07) is 0. The summed E-state index contributed by atoms with van der Waals surface area (Å²) in [4.78, 5) is 24.6. The molecule has 1 heterocycles. The van der Waals surface area contributed by atoms with Gasteiger partial charge in [-0.1, -0.05) is 0 Å². The molecular weight excluding hydrogens is 265 g/mol. The maximum Gasteiger partial charge on any atom is 0.410 e. The summed E-state index contributed by atoms with van der Waals surface area (Å²) in [6.45, 7) is 7.70. The van der Waals surface area contributed by atoms with Gasteiger partial charge in [-0.05, 0) is 34.1 Å². The molecule has 0 N–H and O–H groups in total. The van der Waals surface area contributed by atoms with E-state index in [4.69, 9.17) is 9.47 Å². The van der Waals surface area contributed by atoms with E-state index in [-0.39, 0.29) is 24.9 Å². The summed E-state index contributed by atoms with van der Waals surface area (Å²) in [7, 11) is 0. The van der Waals surface area contributed by atoms with Gasteiger partial charge in [0.1, 0.15) is 11.8 Å². The minimum absolute atomic E-state index is 0.0288. The Hall–Kier alpha value is -1.33. The van der Waals surface area contributed by atoms with E-state index in [0.29, 0.717) is 19.6 Å². The molecule has 0 saturated carbocycles. The van der Waals surface area contributed by atoms with Crippen LogP contribution in [0.2, 0.25) is 0 Å². The second-order valence-corrected chi connectivity index (χ2v) is 6.00. The van der Waals surface area contributed by atoms with Crippen molar-refractivity contribution in [1.82, 2.24) is 4.90 Å². The van der Waals surface area contributed by atoms with Crippen LogP contribution >= 0.6 is 0 Å². The van der Waals surface area contributed by atoms with E-state index < -0.39 is 17.9 Å². The van der Waals surface area contributed by atoms with Crippen molar-refractivity contribution < 1.29 is 23.5 Å². The predicted octanol–water partition coefficient (Wildman–Crippen LogP) is 2.53. The fourth-order valence-corrected chi connectivity index (χ4v) is 2.11. The van der Waals surface area contributed by atoms with Gasteiger partial charge in [-0.15, -0.1) is 0 Å². The van der Waals surface area contributed by atoms with Gasteiger partial charge in [0, 0.05) is 12.5 Å². The average Bonchev–Trinajstić information content (AvgIpc) is 2.29. The molecule has 2 atom stereocenters. The number of carbonyl (C=O) groups excluding carboxylic acids is 2. The molecule has 0 bridgehead atoms. The number of alkyl halides is 1. The highest BCUT2D eigenvalue weighted by molar-refractivity contribution is 5.70. The summed E-state index contributed by atoms with van der Waals surface area (Å²) in [5.74, 6) is -0.765. The van der Waals surface area contributed by atoms with Crippen LogP contribution in [0.25, 0.3) is 0 Å². The Labute approximate surface area is 119 Å². The number of nitrogens with zero attached hydrogens (tertiary/aromatic N) is 1. The summed E-state index contributed by atoms with van der Waals surface area (Å²) >= 11 is 0. The molecule has 1 aliphatic rings. The van der Waals surface area contributed by atoms with Gasteiger partial charge in [0.2, 0.25) is 0 Å². The van der Waals surface area contributed by atoms with Crippen LogP contribution in [-0.4, -0.2) is 48.4 Å². The first-order valence-electron chi connectivity index (χ1n) is 7.00. The van der Waals surface area contributed by atoms with Crippen molar-refractivity contribution in [2.24, 2.45) is 5.92 Å². The maximum absolute atomic E-state index is 14.0. The number of hydrogen-bond acceptors (Lipinski definition) is 4. The van der Waals surface area contributed by atoms with Crippen molar-refractivity contribution >= 4 is 12.1 Å². The number of ether oxygens (including phenoxy) is 2. The lowest BCUT2D eigenvalue weighted by atomic mass is 9.92. The molecule has 1 rings (SSSR count). The zero-order valence-electron chi connectivity index (χ0n) is 12.6. The number of likely N-dealkylation sites (tertiary alicyclic amines) is 1. The molecule has 1 amide bonds. The highest BCUT2D eigenvalue weighted by Gasteiger charge is 2.34. The van der Waals surface area contributed by atoms with Gasteiger partial charge in [0.25, 0.3) is 0 Å². The maximum atomic E-state index is 14.0. The lowest BCUT2D eigenvalue weighted by molar-refractivity contribution is -0.145. The van der Waals surface area contributed by atoms with E-state index in [1.54, 1.807) is 27.7 Å². The van der Waals surface area contributed by atoms with Crippen molar-refractivity contribution in [2.45, 2.75) is 52.3 Å². The average molecular weight is 289 g/mol. The van der Waals surface area contributed by atoms with E-state index in [0.717, 1.165) is 0 Å². The molecule has 1 saturated heterocycles. The van der Waals surface area contributed by atoms with Gasteiger partial charge < -0.3 is 14.4 Å². The normalized spacial score (nSPS) is 23.4. The molecule has 0 aliphatic carbocycles. The monoisotopic (exact) mass is 289 g/mol. The third-order valence-corrected chi connectivity index (χ3v) is 3.06. The van der Waals surface area contributed by atoms with Crippen LogP contribution < -0.4 is 0 Å². The van der Waals surface area contributed by atoms with Gasteiger partial charge in [-0.2, -0.15) is 0 Å². The van der Waals surface area contributed by atoms with Crippen molar-refractivity contribution in [3.8, 4) is 0 Å². The lowest BCUT2D eigenvalue weighted by Crippen LogP contribution is -2.47. The number of rotatable bonds is 3. The zero-order chi connectivity index (χ0) is 15.3. The van der Waals surface area contributed by atoms with Crippen LogP contribution in [0.15, 0.2) is 0 Å². The van der Waals surface area contributed by atoms with E-state index in [1.165, 1.54) is 4.90 Å². The molecule has 6 heteroatoms. The summed E-state index contributed by atoms with van der Waals surface area (Å²) < 4.78 is 24.1. The van der Waals surface area contributed by atoms with Crippen molar-refractivity contribution in [1.29, 1.82) is 0 Å². The first kappa shape index (κ1) is 16.7. The number of piperidine rings is 1. The van der Waals surface area contributed by atoms with Gasteiger partial charge in [-0.3, -0.25) is 4.79 Å². The third kappa shape index (κ3) is 5.35.